The van der Waals surface area contributed by atoms with E-state index < -0.39 is 0 Å². The first-order chi connectivity index (χ1) is 9.70. The molecule has 20 heavy (non-hydrogen) atoms. The van der Waals surface area contributed by atoms with Gasteiger partial charge in [-0.1, -0.05) is 30.3 Å². The fourth-order valence-corrected chi connectivity index (χ4v) is 2.90. The van der Waals surface area contributed by atoms with Crippen molar-refractivity contribution in [1.82, 2.24) is 4.90 Å². The predicted molar refractivity (Wildman–Crippen MR) is 80.5 cm³/mol. The van der Waals surface area contributed by atoms with E-state index in [1.54, 1.807) is 0 Å². The Morgan fingerprint density at radius 1 is 1.30 bits per heavy atom. The van der Waals surface area contributed by atoms with Crippen molar-refractivity contribution in [2.45, 2.75) is 39.2 Å². The SMILES string of the molecule is CCOC(=O)C(C)N1CCC(Cc2ccccc2)CC1. The van der Waals surface area contributed by atoms with E-state index in [1.807, 2.05) is 13.8 Å². The fraction of sp³-hybridized carbons (Fsp3) is 0.588. The highest BCUT2D eigenvalue weighted by Crippen LogP contribution is 2.23. The number of hydrogen-bond donors (Lipinski definition) is 0. The molecule has 1 saturated heterocycles. The molecule has 0 amide bonds. The summed E-state index contributed by atoms with van der Waals surface area (Å²) in [5, 5.41) is 0. The summed E-state index contributed by atoms with van der Waals surface area (Å²) in [5.74, 6) is 0.650. The van der Waals surface area contributed by atoms with Gasteiger partial charge in [-0.25, -0.2) is 0 Å². The molecule has 1 atom stereocenters. The van der Waals surface area contributed by atoms with Gasteiger partial charge in [0.15, 0.2) is 0 Å². The average molecular weight is 275 g/mol. The third-order valence-corrected chi connectivity index (χ3v) is 4.19. The molecular formula is C17H25NO2. The summed E-state index contributed by atoms with van der Waals surface area (Å²) in [6.45, 7) is 6.27. The van der Waals surface area contributed by atoms with E-state index in [2.05, 4.69) is 35.2 Å². The zero-order chi connectivity index (χ0) is 14.4. The highest BCUT2D eigenvalue weighted by molar-refractivity contribution is 5.75. The molecule has 1 aromatic carbocycles. The normalized spacial score (nSPS) is 18.7. The number of hydrogen-bond acceptors (Lipinski definition) is 3. The van der Waals surface area contributed by atoms with Crippen molar-refractivity contribution < 1.29 is 9.53 Å². The molecular weight excluding hydrogens is 250 g/mol. The number of rotatable bonds is 5. The van der Waals surface area contributed by atoms with Crippen molar-refractivity contribution in [2.75, 3.05) is 19.7 Å². The zero-order valence-electron chi connectivity index (χ0n) is 12.5. The van der Waals surface area contributed by atoms with Crippen LogP contribution in [0.15, 0.2) is 30.3 Å². The maximum atomic E-state index is 11.8. The van der Waals surface area contributed by atoms with E-state index in [-0.39, 0.29) is 12.0 Å². The molecule has 0 saturated carbocycles. The minimum atomic E-state index is -0.104. The lowest BCUT2D eigenvalue weighted by molar-refractivity contribution is -0.149. The zero-order valence-corrected chi connectivity index (χ0v) is 12.5. The van der Waals surface area contributed by atoms with Crippen LogP contribution in [0.2, 0.25) is 0 Å². The van der Waals surface area contributed by atoms with E-state index in [4.69, 9.17) is 4.74 Å². The maximum absolute atomic E-state index is 11.8. The van der Waals surface area contributed by atoms with Crippen LogP contribution in [-0.2, 0) is 16.0 Å². The van der Waals surface area contributed by atoms with Gasteiger partial charge in [-0.3, -0.25) is 9.69 Å². The van der Waals surface area contributed by atoms with Crippen LogP contribution in [0.5, 0.6) is 0 Å². The highest BCUT2D eigenvalue weighted by atomic mass is 16.5. The topological polar surface area (TPSA) is 29.5 Å². The predicted octanol–water partition coefficient (Wildman–Crippen LogP) is 2.89. The lowest BCUT2D eigenvalue weighted by Gasteiger charge is -2.34. The quantitative estimate of drug-likeness (QED) is 0.774. The summed E-state index contributed by atoms with van der Waals surface area (Å²) < 4.78 is 5.10. The molecule has 1 unspecified atom stereocenters. The van der Waals surface area contributed by atoms with E-state index >= 15 is 0 Å². The van der Waals surface area contributed by atoms with E-state index in [0.29, 0.717) is 6.61 Å². The minimum absolute atomic E-state index is 0.0889. The first-order valence-corrected chi connectivity index (χ1v) is 7.65. The first-order valence-electron chi connectivity index (χ1n) is 7.65. The van der Waals surface area contributed by atoms with Crippen molar-refractivity contribution in [3.63, 3.8) is 0 Å². The van der Waals surface area contributed by atoms with Gasteiger partial charge in [0.1, 0.15) is 6.04 Å². The largest absolute Gasteiger partial charge is 0.465 e. The highest BCUT2D eigenvalue weighted by Gasteiger charge is 2.27. The molecule has 0 aliphatic carbocycles. The molecule has 1 aromatic rings. The van der Waals surface area contributed by atoms with Crippen LogP contribution in [0.4, 0.5) is 0 Å². The maximum Gasteiger partial charge on any atom is 0.323 e. The lowest BCUT2D eigenvalue weighted by Crippen LogP contribution is -2.44. The third-order valence-electron chi connectivity index (χ3n) is 4.19. The monoisotopic (exact) mass is 275 g/mol. The van der Waals surface area contributed by atoms with Crippen LogP contribution < -0.4 is 0 Å². The molecule has 1 aliphatic rings. The molecule has 1 heterocycles. The van der Waals surface area contributed by atoms with Gasteiger partial charge >= 0.3 is 5.97 Å². The van der Waals surface area contributed by atoms with Gasteiger partial charge in [0.05, 0.1) is 6.61 Å². The molecule has 1 aliphatic heterocycles. The average Bonchev–Trinajstić information content (AvgIpc) is 2.48. The molecule has 3 nitrogen and oxygen atoms in total. The Balaban J connectivity index is 1.79. The van der Waals surface area contributed by atoms with Crippen LogP contribution >= 0.6 is 0 Å². The third kappa shape index (κ3) is 4.07. The molecule has 0 aromatic heterocycles. The summed E-state index contributed by atoms with van der Waals surface area (Å²) >= 11 is 0. The number of benzene rings is 1. The molecule has 1 fully saturated rings. The Labute approximate surface area is 121 Å². The van der Waals surface area contributed by atoms with Crippen LogP contribution in [0, 0.1) is 5.92 Å². The van der Waals surface area contributed by atoms with Gasteiger partial charge in [-0.05, 0) is 57.7 Å². The molecule has 2 rings (SSSR count). The number of esters is 1. The van der Waals surface area contributed by atoms with Crippen molar-refractivity contribution in [2.24, 2.45) is 5.92 Å². The number of ether oxygens (including phenoxy) is 1. The smallest absolute Gasteiger partial charge is 0.323 e. The van der Waals surface area contributed by atoms with Gasteiger partial charge in [0, 0.05) is 0 Å². The minimum Gasteiger partial charge on any atom is -0.465 e. The van der Waals surface area contributed by atoms with Gasteiger partial charge in [0.2, 0.25) is 0 Å². The van der Waals surface area contributed by atoms with E-state index in [1.165, 1.54) is 18.4 Å². The van der Waals surface area contributed by atoms with E-state index in [0.717, 1.165) is 25.4 Å². The number of nitrogens with zero attached hydrogens (tertiary/aromatic N) is 1. The van der Waals surface area contributed by atoms with Crippen molar-refractivity contribution in [1.29, 1.82) is 0 Å². The molecule has 110 valence electrons. The summed E-state index contributed by atoms with van der Waals surface area (Å²) in [4.78, 5) is 14.0. The van der Waals surface area contributed by atoms with Gasteiger partial charge in [0.25, 0.3) is 0 Å². The Hall–Kier alpha value is -1.35. The Morgan fingerprint density at radius 2 is 1.95 bits per heavy atom. The Bertz CT molecular complexity index is 410. The van der Waals surface area contributed by atoms with Gasteiger partial charge in [-0.2, -0.15) is 0 Å². The Morgan fingerprint density at radius 3 is 2.55 bits per heavy atom. The van der Waals surface area contributed by atoms with Crippen molar-refractivity contribution >= 4 is 5.97 Å². The fourth-order valence-electron chi connectivity index (χ4n) is 2.90. The molecule has 0 N–H and O–H groups in total. The van der Waals surface area contributed by atoms with Crippen molar-refractivity contribution in [3.05, 3.63) is 35.9 Å². The summed E-state index contributed by atoms with van der Waals surface area (Å²) in [5.41, 5.74) is 1.42. The second kappa shape index (κ2) is 7.44. The first kappa shape index (κ1) is 15.0. The number of likely N-dealkylation sites (tertiary alicyclic amines) is 1. The second-order valence-corrected chi connectivity index (χ2v) is 5.60. The Kier molecular flexibility index (Phi) is 5.60. The van der Waals surface area contributed by atoms with Crippen LogP contribution in [0.3, 0.4) is 0 Å². The summed E-state index contributed by atoms with van der Waals surface area (Å²) in [6, 6.07) is 10.6. The molecule has 0 spiro atoms. The van der Waals surface area contributed by atoms with Gasteiger partial charge in [-0.15, -0.1) is 0 Å². The van der Waals surface area contributed by atoms with Gasteiger partial charge < -0.3 is 4.74 Å². The number of carbonyl (C=O) groups is 1. The second-order valence-electron chi connectivity index (χ2n) is 5.60. The van der Waals surface area contributed by atoms with Crippen LogP contribution in [-0.4, -0.2) is 36.6 Å². The molecule has 0 radical (unpaired) electrons. The molecule has 0 bridgehead atoms. The summed E-state index contributed by atoms with van der Waals surface area (Å²) in [7, 11) is 0. The standard InChI is InChI=1S/C17H25NO2/c1-3-20-17(19)14(2)18-11-9-16(10-12-18)13-15-7-5-4-6-8-15/h4-8,14,16H,3,9-13H2,1-2H3. The summed E-state index contributed by atoms with van der Waals surface area (Å²) in [6.07, 6.45) is 3.49. The lowest BCUT2D eigenvalue weighted by atomic mass is 9.89. The van der Waals surface area contributed by atoms with Crippen molar-refractivity contribution in [3.8, 4) is 0 Å². The van der Waals surface area contributed by atoms with Crippen LogP contribution in [0.1, 0.15) is 32.3 Å². The number of piperidine rings is 1. The van der Waals surface area contributed by atoms with E-state index in [9.17, 15) is 4.79 Å². The van der Waals surface area contributed by atoms with Crippen LogP contribution in [0.25, 0.3) is 0 Å². The molecule has 3 heteroatoms. The number of carbonyl (C=O) groups excluding carboxylic acids is 1.